The number of hydrogen-bond donors (Lipinski definition) is 1. The van der Waals surface area contributed by atoms with Crippen LogP contribution >= 0.6 is 26.4 Å². The van der Waals surface area contributed by atoms with Crippen LogP contribution in [-0.2, 0) is 0 Å². The van der Waals surface area contributed by atoms with E-state index < -0.39 is 0 Å². The highest BCUT2D eigenvalue weighted by Crippen LogP contribution is 2.01. The van der Waals surface area contributed by atoms with Gasteiger partial charge in [0.15, 0.2) is 0 Å². The van der Waals surface area contributed by atoms with E-state index in [1.165, 1.54) is 0 Å². The van der Waals surface area contributed by atoms with Crippen LogP contribution in [0.3, 0.4) is 0 Å². The number of quaternary nitrogens is 1. The molecule has 0 rings (SSSR count). The van der Waals surface area contributed by atoms with E-state index in [-0.39, 0.29) is 21.4 Å². The fraction of sp³-hybridized carbons (Fsp3) is 1.00. The fourth-order valence-corrected chi connectivity index (χ4v) is 0. The maximum Gasteiger partial charge on any atom is 0.108 e. The molecule has 0 radical (unpaired) electrons. The molecule has 2 unspecified atom stereocenters. The highest BCUT2D eigenvalue weighted by atomic mass is 79.9. The van der Waals surface area contributed by atoms with Gasteiger partial charge >= 0.3 is 0 Å². The zero-order valence-corrected chi connectivity index (χ0v) is 7.45. The molecule has 0 fully saturated rings. The van der Waals surface area contributed by atoms with Gasteiger partial charge < -0.3 is 0 Å². The highest BCUT2D eigenvalue weighted by molar-refractivity contribution is 8.93. The molecule has 0 aromatic carbocycles. The first-order chi connectivity index (χ1) is 2.56. The number of hydrogen-bond acceptors (Lipinski definition) is 1. The molecule has 2 atom stereocenters. The van der Waals surface area contributed by atoms with Crippen LogP contribution < -0.4 is 0 Å². The van der Waals surface area contributed by atoms with Crippen molar-refractivity contribution in [3.05, 3.63) is 0 Å². The number of halogens is 1. The summed E-state index contributed by atoms with van der Waals surface area (Å²) in [6, 6.07) is 0. The first kappa shape index (κ1) is 10.7. The molecule has 0 spiro atoms. The predicted molar refractivity (Wildman–Crippen MR) is 38.5 cm³/mol. The highest BCUT2D eigenvalue weighted by Gasteiger charge is 2.02. The second-order valence-corrected chi connectivity index (χ2v) is 2.64. The van der Waals surface area contributed by atoms with Crippen molar-refractivity contribution in [2.24, 2.45) is 0 Å². The van der Waals surface area contributed by atoms with Crippen molar-refractivity contribution in [3.8, 4) is 0 Å². The molecular weight excluding hydrogens is 177 g/mol. The Balaban J connectivity index is 0. The van der Waals surface area contributed by atoms with Gasteiger partial charge in [0.05, 0.1) is 7.05 Å². The molecule has 0 aromatic heterocycles. The Morgan fingerprint density at radius 1 is 1.71 bits per heavy atom. The van der Waals surface area contributed by atoms with Gasteiger partial charge in [0, 0.05) is 0 Å². The lowest BCUT2D eigenvalue weighted by molar-refractivity contribution is -0.978. The smallest absolute Gasteiger partial charge is 0.108 e. The molecule has 0 heterocycles. The molecule has 0 aromatic rings. The van der Waals surface area contributed by atoms with E-state index >= 15 is 0 Å². The summed E-state index contributed by atoms with van der Waals surface area (Å²) in [7, 11) is 3.98. The third-order valence-corrected chi connectivity index (χ3v) is 1.01. The van der Waals surface area contributed by atoms with E-state index in [2.05, 4.69) is 9.39 Å². The van der Waals surface area contributed by atoms with Crippen LogP contribution in [0, 0.1) is 0 Å². The van der Waals surface area contributed by atoms with E-state index in [1.807, 2.05) is 6.92 Å². The van der Waals surface area contributed by atoms with E-state index in [4.69, 9.17) is 5.21 Å². The monoisotopic (exact) mass is 188 g/mol. The average molecular weight is 189 g/mol. The molecule has 1 N–H and O–H groups in total. The first-order valence-electron chi connectivity index (χ1n) is 1.93. The lowest BCUT2D eigenvalue weighted by Crippen LogP contribution is -2.26. The summed E-state index contributed by atoms with van der Waals surface area (Å²) in [4.78, 5) is 0. The first-order valence-corrected chi connectivity index (χ1v) is 2.45. The number of hydroxylamine groups is 2. The average Bonchev–Trinajstić information content (AvgIpc) is 1.35. The minimum Gasteiger partial charge on any atom is -0.216 e. The van der Waals surface area contributed by atoms with E-state index in [9.17, 15) is 0 Å². The van der Waals surface area contributed by atoms with Gasteiger partial charge in [-0.25, -0.2) is 5.21 Å². The summed E-state index contributed by atoms with van der Waals surface area (Å²) >= 11 is 0. The molecule has 0 saturated carbocycles. The molecule has 0 aliphatic rings. The number of rotatable bonds is 1. The molecule has 0 bridgehead atoms. The molecule has 0 amide bonds. The van der Waals surface area contributed by atoms with Crippen molar-refractivity contribution < 1.29 is 9.62 Å². The van der Waals surface area contributed by atoms with E-state index in [1.54, 1.807) is 7.05 Å². The zero-order valence-electron chi connectivity index (χ0n) is 4.59. The van der Waals surface area contributed by atoms with Gasteiger partial charge in [0.25, 0.3) is 0 Å². The third-order valence-electron chi connectivity index (χ3n) is 0.640. The molecule has 7 heavy (non-hydrogen) atoms. The van der Waals surface area contributed by atoms with Gasteiger partial charge in [-0.05, 0) is 6.92 Å². The van der Waals surface area contributed by atoms with Crippen molar-refractivity contribution in [1.29, 1.82) is 0 Å². The maximum absolute atomic E-state index is 8.73. The molecular formula is C3H12BrNOP+. The van der Waals surface area contributed by atoms with Crippen LogP contribution in [-0.4, -0.2) is 23.2 Å². The Morgan fingerprint density at radius 3 is 1.86 bits per heavy atom. The standard InChI is InChI=1S/C3H11NOP.BrH/c1-3-4(2,5)6;/h5H,3,6H2,1-2H3;1H/q+1;. The molecule has 46 valence electrons. The predicted octanol–water partition coefficient (Wildman–Crippen LogP) is 1.21. The Morgan fingerprint density at radius 2 is 1.86 bits per heavy atom. The summed E-state index contributed by atoms with van der Waals surface area (Å²) in [6.07, 6.45) is 0. The van der Waals surface area contributed by atoms with Gasteiger partial charge in [0.1, 0.15) is 15.9 Å². The molecule has 0 saturated heterocycles. The quantitative estimate of drug-likeness (QED) is 0.485. The van der Waals surface area contributed by atoms with Gasteiger partial charge in [-0.15, -0.1) is 17.0 Å². The minimum absolute atomic E-state index is 0. The number of nitrogens with zero attached hydrogens (tertiary/aromatic N) is 1. The van der Waals surface area contributed by atoms with Crippen LogP contribution in [0.25, 0.3) is 0 Å². The van der Waals surface area contributed by atoms with Crippen LogP contribution in [0.15, 0.2) is 0 Å². The molecule has 0 aliphatic heterocycles. The van der Waals surface area contributed by atoms with E-state index in [0.717, 1.165) is 6.54 Å². The Bertz CT molecular complexity index is 44.7. The van der Waals surface area contributed by atoms with Crippen LogP contribution in [0.2, 0.25) is 0 Å². The lowest BCUT2D eigenvalue weighted by atomic mass is 10.8. The third kappa shape index (κ3) is 10.9. The summed E-state index contributed by atoms with van der Waals surface area (Å²) in [5.41, 5.74) is 0. The SMILES string of the molecule is Br.CC[N+](C)(O)P. The van der Waals surface area contributed by atoms with Gasteiger partial charge in [0.2, 0.25) is 0 Å². The van der Waals surface area contributed by atoms with Crippen molar-refractivity contribution >= 4 is 26.4 Å². The van der Waals surface area contributed by atoms with Crippen molar-refractivity contribution in [2.45, 2.75) is 6.92 Å². The fourth-order valence-electron chi connectivity index (χ4n) is 0. The maximum atomic E-state index is 8.73. The summed E-state index contributed by atoms with van der Waals surface area (Å²) < 4.78 is -0.0139. The van der Waals surface area contributed by atoms with Crippen molar-refractivity contribution in [3.63, 3.8) is 0 Å². The summed E-state index contributed by atoms with van der Waals surface area (Å²) in [5, 5.41) is 8.73. The Labute approximate surface area is 57.1 Å². The Kier molecular flexibility index (Phi) is 5.81. The van der Waals surface area contributed by atoms with Crippen LogP contribution in [0.5, 0.6) is 0 Å². The van der Waals surface area contributed by atoms with Crippen LogP contribution in [0.4, 0.5) is 0 Å². The Hall–Kier alpha value is 0.830. The van der Waals surface area contributed by atoms with Crippen LogP contribution in [0.1, 0.15) is 6.92 Å². The largest absolute Gasteiger partial charge is 0.216 e. The van der Waals surface area contributed by atoms with Gasteiger partial charge in [-0.3, -0.25) is 0 Å². The zero-order chi connectivity index (χ0) is 5.21. The summed E-state index contributed by atoms with van der Waals surface area (Å²) in [6.45, 7) is 2.64. The van der Waals surface area contributed by atoms with Gasteiger partial charge in [-0.1, -0.05) is 0 Å². The molecule has 4 heteroatoms. The lowest BCUT2D eigenvalue weighted by Gasteiger charge is -2.14. The normalized spacial score (nSPS) is 17.1. The second kappa shape index (κ2) is 3.79. The topological polar surface area (TPSA) is 20.2 Å². The molecule has 0 aliphatic carbocycles. The minimum atomic E-state index is -0.0139. The van der Waals surface area contributed by atoms with E-state index in [0.29, 0.717) is 0 Å². The van der Waals surface area contributed by atoms with Gasteiger partial charge in [-0.2, -0.15) is 4.42 Å². The van der Waals surface area contributed by atoms with Crippen molar-refractivity contribution in [1.82, 2.24) is 0 Å². The summed E-state index contributed by atoms with van der Waals surface area (Å²) in [5.74, 6) is 0. The van der Waals surface area contributed by atoms with Crippen molar-refractivity contribution in [2.75, 3.05) is 13.6 Å². The second-order valence-electron chi connectivity index (χ2n) is 1.53. The molecule has 2 nitrogen and oxygen atoms in total.